The summed E-state index contributed by atoms with van der Waals surface area (Å²) in [7, 11) is 0. The molecule has 0 aromatic heterocycles. The summed E-state index contributed by atoms with van der Waals surface area (Å²) < 4.78 is 37.5. The largest absolute Gasteiger partial charge is 0.417 e. The van der Waals surface area contributed by atoms with Crippen LogP contribution in [-0.2, 0) is 6.18 Å². The van der Waals surface area contributed by atoms with Gasteiger partial charge in [0.2, 0.25) is 0 Å². The maximum atomic E-state index is 12.5. The van der Waals surface area contributed by atoms with E-state index in [9.17, 15) is 18.0 Å². The van der Waals surface area contributed by atoms with Crippen molar-refractivity contribution in [1.29, 1.82) is 0 Å². The van der Waals surface area contributed by atoms with Crippen molar-refractivity contribution < 1.29 is 18.0 Å². The van der Waals surface area contributed by atoms with Crippen LogP contribution < -0.4 is 5.32 Å². The highest BCUT2D eigenvalue weighted by Gasteiger charge is 2.34. The Morgan fingerprint density at radius 3 is 2.65 bits per heavy atom. The molecule has 0 bridgehead atoms. The number of alkyl halides is 3. The summed E-state index contributed by atoms with van der Waals surface area (Å²) in [5, 5.41) is 1.61. The third-order valence-corrected chi connectivity index (χ3v) is 2.31. The second-order valence-corrected chi connectivity index (χ2v) is 3.43. The lowest BCUT2D eigenvalue weighted by Crippen LogP contribution is -2.24. The summed E-state index contributed by atoms with van der Waals surface area (Å²) in [5.74, 6) is 1.40. The second-order valence-electron chi connectivity index (χ2n) is 3.05. The number of benzene rings is 1. The van der Waals surface area contributed by atoms with Gasteiger partial charge in [-0.05, 0) is 12.1 Å². The van der Waals surface area contributed by atoms with Crippen LogP contribution in [0.2, 0.25) is 5.02 Å². The van der Waals surface area contributed by atoms with Crippen LogP contribution in [0.15, 0.2) is 18.2 Å². The molecular formula is C11H7ClF3NO. The van der Waals surface area contributed by atoms with E-state index in [2.05, 4.69) is 11.2 Å². The Bertz CT molecular complexity index is 477. The van der Waals surface area contributed by atoms with E-state index in [1.807, 2.05) is 0 Å². The number of carbonyl (C=O) groups excluding carboxylic acids is 1. The molecule has 1 N–H and O–H groups in total. The Morgan fingerprint density at radius 2 is 2.12 bits per heavy atom. The molecule has 1 aromatic carbocycles. The van der Waals surface area contributed by atoms with E-state index in [1.165, 1.54) is 6.07 Å². The van der Waals surface area contributed by atoms with E-state index in [0.717, 1.165) is 12.1 Å². The number of hydrogen-bond donors (Lipinski definition) is 1. The van der Waals surface area contributed by atoms with Crippen molar-refractivity contribution in [2.75, 3.05) is 6.54 Å². The molecule has 17 heavy (non-hydrogen) atoms. The zero-order valence-electron chi connectivity index (χ0n) is 8.44. The summed E-state index contributed by atoms with van der Waals surface area (Å²) in [6.45, 7) is -0.0780. The third-order valence-electron chi connectivity index (χ3n) is 1.90. The molecule has 1 rings (SSSR count). The molecule has 0 heterocycles. The minimum atomic E-state index is -4.60. The zero-order chi connectivity index (χ0) is 13.1. The summed E-state index contributed by atoms with van der Waals surface area (Å²) >= 11 is 5.53. The number of carbonyl (C=O) groups is 1. The summed E-state index contributed by atoms with van der Waals surface area (Å²) in [6, 6.07) is 3.11. The van der Waals surface area contributed by atoms with Crippen LogP contribution in [0.3, 0.4) is 0 Å². The average Bonchev–Trinajstić information content (AvgIpc) is 2.24. The first-order chi connectivity index (χ1) is 7.88. The second kappa shape index (κ2) is 5.11. The van der Waals surface area contributed by atoms with Gasteiger partial charge in [-0.1, -0.05) is 23.6 Å². The lowest BCUT2D eigenvalue weighted by atomic mass is 10.1. The molecule has 0 atom stereocenters. The molecule has 90 valence electrons. The van der Waals surface area contributed by atoms with Crippen LogP contribution in [0.1, 0.15) is 15.9 Å². The van der Waals surface area contributed by atoms with E-state index in [-0.39, 0.29) is 12.1 Å². The first kappa shape index (κ1) is 13.4. The molecule has 1 amide bonds. The summed E-state index contributed by atoms with van der Waals surface area (Å²) in [6.07, 6.45) is 0.317. The molecule has 2 nitrogen and oxygen atoms in total. The predicted molar refractivity (Wildman–Crippen MR) is 57.6 cm³/mol. The number of amides is 1. The molecule has 0 aliphatic carbocycles. The van der Waals surface area contributed by atoms with Crippen LogP contribution >= 0.6 is 11.6 Å². The fraction of sp³-hybridized carbons (Fsp3) is 0.182. The van der Waals surface area contributed by atoms with Gasteiger partial charge in [0.1, 0.15) is 0 Å². The quantitative estimate of drug-likeness (QED) is 0.815. The number of hydrogen-bond acceptors (Lipinski definition) is 1. The lowest BCUT2D eigenvalue weighted by Gasteiger charge is -2.11. The fourth-order valence-corrected chi connectivity index (χ4v) is 1.47. The standard InChI is InChI=1S/C11H7ClF3NO/c1-2-6-16-10(17)7-4-3-5-8(9(7)12)11(13,14)15/h1,3-5H,6H2,(H,16,17). The number of terminal acetylenes is 1. The van der Waals surface area contributed by atoms with Crippen molar-refractivity contribution >= 4 is 17.5 Å². The fourth-order valence-electron chi connectivity index (χ4n) is 1.15. The first-order valence-corrected chi connectivity index (χ1v) is 4.83. The van der Waals surface area contributed by atoms with Crippen molar-refractivity contribution in [3.63, 3.8) is 0 Å². The Balaban J connectivity index is 3.12. The van der Waals surface area contributed by atoms with E-state index in [1.54, 1.807) is 0 Å². The third kappa shape index (κ3) is 3.14. The van der Waals surface area contributed by atoms with Gasteiger partial charge in [-0.2, -0.15) is 13.2 Å². The number of rotatable bonds is 2. The minimum absolute atomic E-state index is 0.0780. The minimum Gasteiger partial charge on any atom is -0.341 e. The van der Waals surface area contributed by atoms with Gasteiger partial charge in [-0.3, -0.25) is 4.79 Å². The van der Waals surface area contributed by atoms with E-state index >= 15 is 0 Å². The predicted octanol–water partition coefficient (Wildman–Crippen LogP) is 2.72. The summed E-state index contributed by atoms with van der Waals surface area (Å²) in [5.41, 5.74) is -1.30. The smallest absolute Gasteiger partial charge is 0.341 e. The van der Waals surface area contributed by atoms with Gasteiger partial charge < -0.3 is 5.32 Å². The van der Waals surface area contributed by atoms with Gasteiger partial charge in [0.15, 0.2) is 0 Å². The molecule has 0 aliphatic rings. The van der Waals surface area contributed by atoms with Crippen LogP contribution in [-0.4, -0.2) is 12.5 Å². The Morgan fingerprint density at radius 1 is 1.47 bits per heavy atom. The maximum absolute atomic E-state index is 12.5. The van der Waals surface area contributed by atoms with Crippen molar-refractivity contribution in [3.8, 4) is 12.3 Å². The molecule has 0 saturated carbocycles. The molecule has 0 saturated heterocycles. The molecule has 0 radical (unpaired) electrons. The van der Waals surface area contributed by atoms with Crippen molar-refractivity contribution in [2.45, 2.75) is 6.18 Å². The highest BCUT2D eigenvalue weighted by Crippen LogP contribution is 2.36. The SMILES string of the molecule is C#CCNC(=O)c1cccc(C(F)(F)F)c1Cl. The lowest BCUT2D eigenvalue weighted by molar-refractivity contribution is -0.137. The molecule has 0 spiro atoms. The Labute approximate surface area is 101 Å². The Kier molecular flexibility index (Phi) is 4.02. The van der Waals surface area contributed by atoms with Crippen LogP contribution in [0.5, 0.6) is 0 Å². The van der Waals surface area contributed by atoms with Gasteiger partial charge in [0.25, 0.3) is 5.91 Å². The van der Waals surface area contributed by atoms with Gasteiger partial charge in [-0.15, -0.1) is 6.42 Å². The average molecular weight is 262 g/mol. The molecular weight excluding hydrogens is 255 g/mol. The monoisotopic (exact) mass is 261 g/mol. The molecule has 0 aliphatic heterocycles. The normalized spacial score (nSPS) is 10.8. The topological polar surface area (TPSA) is 29.1 Å². The molecule has 1 aromatic rings. The van der Waals surface area contributed by atoms with Crippen molar-refractivity contribution in [3.05, 3.63) is 34.3 Å². The van der Waals surface area contributed by atoms with E-state index in [4.69, 9.17) is 18.0 Å². The van der Waals surface area contributed by atoms with E-state index < -0.39 is 22.7 Å². The molecule has 0 fully saturated rings. The number of halogens is 4. The van der Waals surface area contributed by atoms with Crippen LogP contribution in [0.25, 0.3) is 0 Å². The highest BCUT2D eigenvalue weighted by molar-refractivity contribution is 6.34. The maximum Gasteiger partial charge on any atom is 0.417 e. The van der Waals surface area contributed by atoms with Gasteiger partial charge >= 0.3 is 6.18 Å². The zero-order valence-corrected chi connectivity index (χ0v) is 9.19. The van der Waals surface area contributed by atoms with Gasteiger partial charge in [-0.25, -0.2) is 0 Å². The first-order valence-electron chi connectivity index (χ1n) is 4.45. The van der Waals surface area contributed by atoms with Crippen LogP contribution in [0, 0.1) is 12.3 Å². The van der Waals surface area contributed by atoms with Crippen LogP contribution in [0.4, 0.5) is 13.2 Å². The molecule has 0 unspecified atom stereocenters. The molecule has 6 heteroatoms. The van der Waals surface area contributed by atoms with Gasteiger partial charge in [0.05, 0.1) is 22.7 Å². The van der Waals surface area contributed by atoms with Gasteiger partial charge in [0, 0.05) is 0 Å². The highest BCUT2D eigenvalue weighted by atomic mass is 35.5. The van der Waals surface area contributed by atoms with Crippen molar-refractivity contribution in [2.24, 2.45) is 0 Å². The Hall–Kier alpha value is -1.67. The van der Waals surface area contributed by atoms with Crippen molar-refractivity contribution in [1.82, 2.24) is 5.32 Å². The van der Waals surface area contributed by atoms with E-state index in [0.29, 0.717) is 0 Å². The summed E-state index contributed by atoms with van der Waals surface area (Å²) in [4.78, 5) is 11.4. The number of nitrogens with one attached hydrogen (secondary N) is 1.